The molecular weight excluding hydrogens is 188 g/mol. The van der Waals surface area contributed by atoms with E-state index in [-0.39, 0.29) is 0 Å². The number of hydrogen-bond donors (Lipinski definition) is 1. The molecule has 1 heterocycles. The molecule has 0 atom stereocenters. The minimum absolute atomic E-state index is 1.03. The molecule has 0 amide bonds. The first kappa shape index (κ1) is 10.0. The third-order valence-corrected chi connectivity index (χ3v) is 3.35. The molecule has 4 heteroatoms. The van der Waals surface area contributed by atoms with Crippen LogP contribution in [0.5, 0.6) is 0 Å². The molecule has 1 aromatic heterocycles. The number of aryl methyl sites for hydroxylation is 2. The minimum Gasteiger partial charge on any atom is -0.311 e. The lowest BCUT2D eigenvalue weighted by molar-refractivity contribution is 0.976. The van der Waals surface area contributed by atoms with Crippen molar-refractivity contribution >= 4 is 23.3 Å². The van der Waals surface area contributed by atoms with Crippen molar-refractivity contribution in [3.05, 3.63) is 16.6 Å². The molecule has 1 N–H and O–H groups in total. The fourth-order valence-electron chi connectivity index (χ4n) is 0.895. The van der Waals surface area contributed by atoms with Gasteiger partial charge in [-0.25, -0.2) is 0 Å². The number of hydrogen-bond acceptors (Lipinski definition) is 4. The standard InChI is InChI=1S/C8H14N2S2/c1-7-5-12-10-8(7)3-4-11-6-9-2/h5,9H,3-4,6H2,1-2H3. The monoisotopic (exact) mass is 202 g/mol. The molecule has 1 aromatic rings. The summed E-state index contributed by atoms with van der Waals surface area (Å²) in [6.45, 7) is 2.13. The number of nitrogens with zero attached hydrogens (tertiary/aromatic N) is 1. The summed E-state index contributed by atoms with van der Waals surface area (Å²) in [7, 11) is 1.97. The van der Waals surface area contributed by atoms with Crippen molar-refractivity contribution < 1.29 is 0 Å². The molecule has 0 aliphatic heterocycles. The SMILES string of the molecule is CNCSCCc1nscc1C. The minimum atomic E-state index is 1.03. The average molecular weight is 202 g/mol. The van der Waals surface area contributed by atoms with E-state index in [0.717, 1.165) is 18.1 Å². The first-order chi connectivity index (χ1) is 5.84. The van der Waals surface area contributed by atoms with Crippen molar-refractivity contribution in [3.8, 4) is 0 Å². The van der Waals surface area contributed by atoms with E-state index in [4.69, 9.17) is 0 Å². The molecule has 0 radical (unpaired) electrons. The molecule has 0 unspecified atom stereocenters. The second-order valence-electron chi connectivity index (χ2n) is 2.60. The normalized spacial score (nSPS) is 10.5. The molecule has 0 spiro atoms. The van der Waals surface area contributed by atoms with Crippen LogP contribution in [0.15, 0.2) is 5.38 Å². The van der Waals surface area contributed by atoms with Gasteiger partial charge in [0.15, 0.2) is 0 Å². The van der Waals surface area contributed by atoms with Crippen molar-refractivity contribution in [1.82, 2.24) is 9.69 Å². The van der Waals surface area contributed by atoms with E-state index >= 15 is 0 Å². The number of aromatic nitrogens is 1. The third-order valence-electron chi connectivity index (χ3n) is 1.58. The number of nitrogens with one attached hydrogen (secondary N) is 1. The van der Waals surface area contributed by atoms with Crippen LogP contribution in [0.3, 0.4) is 0 Å². The van der Waals surface area contributed by atoms with Crippen molar-refractivity contribution in [2.75, 3.05) is 18.7 Å². The summed E-state index contributed by atoms with van der Waals surface area (Å²) in [4.78, 5) is 0. The highest BCUT2D eigenvalue weighted by molar-refractivity contribution is 7.99. The zero-order valence-electron chi connectivity index (χ0n) is 7.46. The largest absolute Gasteiger partial charge is 0.311 e. The molecule has 12 heavy (non-hydrogen) atoms. The summed E-state index contributed by atoms with van der Waals surface area (Å²) >= 11 is 3.47. The lowest BCUT2D eigenvalue weighted by Gasteiger charge is -1.98. The molecule has 0 saturated carbocycles. The average Bonchev–Trinajstić information content (AvgIpc) is 2.46. The number of thioether (sulfide) groups is 1. The van der Waals surface area contributed by atoms with Crippen LogP contribution < -0.4 is 5.32 Å². The zero-order valence-corrected chi connectivity index (χ0v) is 9.10. The molecule has 0 fully saturated rings. The van der Waals surface area contributed by atoms with Crippen LogP contribution in [-0.2, 0) is 6.42 Å². The Morgan fingerprint density at radius 3 is 3.08 bits per heavy atom. The lowest BCUT2D eigenvalue weighted by atomic mass is 10.2. The summed E-state index contributed by atoms with van der Waals surface area (Å²) in [5.41, 5.74) is 2.61. The second-order valence-corrected chi connectivity index (χ2v) is 4.33. The van der Waals surface area contributed by atoms with Gasteiger partial charge in [0.05, 0.1) is 5.69 Å². The Morgan fingerprint density at radius 2 is 2.50 bits per heavy atom. The smallest absolute Gasteiger partial charge is 0.0579 e. The fourth-order valence-corrected chi connectivity index (χ4v) is 2.29. The Bertz CT molecular complexity index is 223. The molecule has 0 bridgehead atoms. The second kappa shape index (κ2) is 5.56. The maximum Gasteiger partial charge on any atom is 0.0579 e. The van der Waals surface area contributed by atoms with E-state index in [2.05, 4.69) is 22.0 Å². The summed E-state index contributed by atoms with van der Waals surface area (Å²) in [5, 5.41) is 5.22. The first-order valence-corrected chi connectivity index (χ1v) is 5.96. The van der Waals surface area contributed by atoms with Crippen LogP contribution in [-0.4, -0.2) is 23.1 Å². The van der Waals surface area contributed by atoms with Crippen LogP contribution in [0.25, 0.3) is 0 Å². The molecule has 0 aliphatic rings. The van der Waals surface area contributed by atoms with Gasteiger partial charge in [-0.15, -0.1) is 11.8 Å². The highest BCUT2D eigenvalue weighted by Gasteiger charge is 1.99. The van der Waals surface area contributed by atoms with Gasteiger partial charge in [0.1, 0.15) is 0 Å². The Balaban J connectivity index is 2.20. The van der Waals surface area contributed by atoms with Gasteiger partial charge in [0.25, 0.3) is 0 Å². The van der Waals surface area contributed by atoms with Crippen molar-refractivity contribution in [1.29, 1.82) is 0 Å². The van der Waals surface area contributed by atoms with Crippen molar-refractivity contribution in [2.45, 2.75) is 13.3 Å². The van der Waals surface area contributed by atoms with E-state index in [1.807, 2.05) is 18.8 Å². The van der Waals surface area contributed by atoms with Crippen molar-refractivity contribution in [3.63, 3.8) is 0 Å². The van der Waals surface area contributed by atoms with Gasteiger partial charge < -0.3 is 5.32 Å². The maximum absolute atomic E-state index is 4.32. The first-order valence-electron chi connectivity index (χ1n) is 3.97. The number of rotatable bonds is 5. The van der Waals surface area contributed by atoms with Crippen molar-refractivity contribution in [2.24, 2.45) is 0 Å². The molecule has 0 saturated heterocycles. The maximum atomic E-state index is 4.32. The van der Waals surface area contributed by atoms with Gasteiger partial charge in [-0.3, -0.25) is 0 Å². The van der Waals surface area contributed by atoms with Gasteiger partial charge in [0.2, 0.25) is 0 Å². The van der Waals surface area contributed by atoms with Gasteiger partial charge in [0, 0.05) is 23.4 Å². The summed E-state index contributed by atoms with van der Waals surface area (Å²) < 4.78 is 4.32. The lowest BCUT2D eigenvalue weighted by Crippen LogP contribution is -2.05. The van der Waals surface area contributed by atoms with Gasteiger partial charge in [-0.1, -0.05) is 0 Å². The Morgan fingerprint density at radius 1 is 1.67 bits per heavy atom. The topological polar surface area (TPSA) is 24.9 Å². The molecule has 0 aromatic carbocycles. The Hall–Kier alpha value is -0.0600. The molecule has 0 aliphatic carbocycles. The van der Waals surface area contributed by atoms with Crippen LogP contribution in [0.4, 0.5) is 0 Å². The quantitative estimate of drug-likeness (QED) is 0.583. The Kier molecular flexibility index (Phi) is 4.65. The van der Waals surface area contributed by atoms with Crippen LogP contribution in [0.1, 0.15) is 11.3 Å². The summed E-state index contributed by atoms with van der Waals surface area (Å²) in [6.07, 6.45) is 1.10. The van der Waals surface area contributed by atoms with E-state index in [1.54, 1.807) is 11.5 Å². The highest BCUT2D eigenvalue weighted by atomic mass is 32.2. The molecule has 2 nitrogen and oxygen atoms in total. The third kappa shape index (κ3) is 3.13. The van der Waals surface area contributed by atoms with E-state index in [0.29, 0.717) is 0 Å². The predicted molar refractivity (Wildman–Crippen MR) is 56.9 cm³/mol. The summed E-state index contributed by atoms with van der Waals surface area (Å²) in [5.74, 6) is 2.19. The van der Waals surface area contributed by atoms with E-state index in [1.165, 1.54) is 11.3 Å². The van der Waals surface area contributed by atoms with Crippen LogP contribution >= 0.6 is 23.3 Å². The van der Waals surface area contributed by atoms with Crippen LogP contribution in [0.2, 0.25) is 0 Å². The van der Waals surface area contributed by atoms with Crippen LogP contribution in [0, 0.1) is 6.92 Å². The zero-order chi connectivity index (χ0) is 8.81. The fraction of sp³-hybridized carbons (Fsp3) is 0.625. The predicted octanol–water partition coefficient (Wildman–Crippen LogP) is 1.90. The van der Waals surface area contributed by atoms with E-state index < -0.39 is 0 Å². The summed E-state index contributed by atoms with van der Waals surface area (Å²) in [6, 6.07) is 0. The molecule has 68 valence electrons. The molecule has 1 rings (SSSR count). The van der Waals surface area contributed by atoms with Gasteiger partial charge in [-0.05, 0) is 31.1 Å². The van der Waals surface area contributed by atoms with Gasteiger partial charge >= 0.3 is 0 Å². The van der Waals surface area contributed by atoms with E-state index in [9.17, 15) is 0 Å². The van der Waals surface area contributed by atoms with Gasteiger partial charge in [-0.2, -0.15) is 4.37 Å². The Labute approximate surface area is 81.9 Å². The highest BCUT2D eigenvalue weighted by Crippen LogP contribution is 2.11. The molecular formula is C8H14N2S2.